The van der Waals surface area contributed by atoms with Gasteiger partial charge in [-0.25, -0.2) is 9.67 Å². The summed E-state index contributed by atoms with van der Waals surface area (Å²) < 4.78 is 1.46. The molecular weight excluding hydrogens is 363 g/mol. The van der Waals surface area contributed by atoms with Crippen molar-refractivity contribution in [2.75, 3.05) is 5.32 Å². The van der Waals surface area contributed by atoms with Crippen molar-refractivity contribution < 1.29 is 4.79 Å². The molecule has 0 atom stereocenters. The quantitative estimate of drug-likeness (QED) is 0.766. The normalized spacial score (nSPS) is 10.6. The van der Waals surface area contributed by atoms with Gasteiger partial charge in [0.1, 0.15) is 12.0 Å². The molecular formula is C13H7Cl3N6O. The van der Waals surface area contributed by atoms with E-state index in [0.29, 0.717) is 11.4 Å². The molecule has 0 radical (unpaired) electrons. The summed E-state index contributed by atoms with van der Waals surface area (Å²) in [6, 6.07) is 6.93. The fraction of sp³-hybridized carbons (Fsp3) is 0. The van der Waals surface area contributed by atoms with Gasteiger partial charge in [0, 0.05) is 11.9 Å². The number of hydrogen-bond donors (Lipinski definition) is 1. The third-order valence-corrected chi connectivity index (χ3v) is 4.09. The number of aromatic nitrogens is 5. The average molecular weight is 370 g/mol. The van der Waals surface area contributed by atoms with Crippen LogP contribution in [0.3, 0.4) is 0 Å². The van der Waals surface area contributed by atoms with Crippen LogP contribution in [0.5, 0.6) is 0 Å². The van der Waals surface area contributed by atoms with E-state index >= 15 is 0 Å². The van der Waals surface area contributed by atoms with Gasteiger partial charge in [-0.05, 0) is 28.6 Å². The van der Waals surface area contributed by atoms with E-state index in [0.717, 1.165) is 0 Å². The van der Waals surface area contributed by atoms with Crippen LogP contribution in [0.25, 0.3) is 5.69 Å². The highest BCUT2D eigenvalue weighted by molar-refractivity contribution is 6.49. The number of carbonyl (C=O) groups excluding carboxylic acids is 1. The number of nitrogens with one attached hydrogen (secondary N) is 1. The number of rotatable bonds is 3. The number of amides is 1. The van der Waals surface area contributed by atoms with Crippen molar-refractivity contribution in [1.82, 2.24) is 25.2 Å². The molecule has 0 unspecified atom stereocenters. The van der Waals surface area contributed by atoms with Crippen molar-refractivity contribution in [1.29, 1.82) is 0 Å². The van der Waals surface area contributed by atoms with E-state index in [2.05, 4.69) is 25.8 Å². The third-order valence-electron chi connectivity index (χ3n) is 2.85. The first-order valence-corrected chi connectivity index (χ1v) is 7.34. The summed E-state index contributed by atoms with van der Waals surface area (Å²) in [5, 5.41) is 13.8. The summed E-state index contributed by atoms with van der Waals surface area (Å²) in [7, 11) is 0. The maximum Gasteiger partial charge on any atom is 0.275 e. The van der Waals surface area contributed by atoms with Crippen LogP contribution in [0.1, 0.15) is 10.5 Å². The SMILES string of the molecule is O=C(Nc1cccc(-n2cnnn2)c1)c1ncc(Cl)c(Cl)c1Cl. The molecule has 0 saturated carbocycles. The fourth-order valence-electron chi connectivity index (χ4n) is 1.80. The summed E-state index contributed by atoms with van der Waals surface area (Å²) in [5.41, 5.74) is 1.18. The zero-order valence-electron chi connectivity index (χ0n) is 11.2. The molecule has 116 valence electrons. The van der Waals surface area contributed by atoms with Crippen LogP contribution in [0.2, 0.25) is 15.1 Å². The van der Waals surface area contributed by atoms with Crippen LogP contribution in [0.15, 0.2) is 36.8 Å². The van der Waals surface area contributed by atoms with Crippen LogP contribution in [-0.2, 0) is 0 Å². The van der Waals surface area contributed by atoms with Gasteiger partial charge < -0.3 is 5.32 Å². The Morgan fingerprint density at radius 2 is 2.00 bits per heavy atom. The predicted molar refractivity (Wildman–Crippen MR) is 86.4 cm³/mol. The second kappa shape index (κ2) is 6.49. The van der Waals surface area contributed by atoms with Crippen molar-refractivity contribution in [3.8, 4) is 5.69 Å². The molecule has 10 heteroatoms. The van der Waals surface area contributed by atoms with E-state index in [4.69, 9.17) is 34.8 Å². The van der Waals surface area contributed by atoms with Gasteiger partial charge >= 0.3 is 0 Å². The van der Waals surface area contributed by atoms with E-state index in [1.807, 2.05) is 0 Å². The second-order valence-electron chi connectivity index (χ2n) is 4.34. The minimum Gasteiger partial charge on any atom is -0.321 e. The molecule has 7 nitrogen and oxygen atoms in total. The molecule has 1 N–H and O–H groups in total. The van der Waals surface area contributed by atoms with Crippen molar-refractivity contribution in [2.24, 2.45) is 0 Å². The first-order valence-electron chi connectivity index (χ1n) is 6.20. The highest BCUT2D eigenvalue weighted by Gasteiger charge is 2.17. The molecule has 2 heterocycles. The van der Waals surface area contributed by atoms with Crippen molar-refractivity contribution in [2.45, 2.75) is 0 Å². The molecule has 0 aliphatic heterocycles. The van der Waals surface area contributed by atoms with E-state index in [1.54, 1.807) is 24.3 Å². The molecule has 1 aromatic carbocycles. The Hall–Kier alpha value is -2.22. The maximum atomic E-state index is 12.3. The molecule has 0 bridgehead atoms. The summed E-state index contributed by atoms with van der Waals surface area (Å²) in [5.74, 6) is -0.512. The zero-order chi connectivity index (χ0) is 16.4. The number of tetrazole rings is 1. The molecule has 0 aliphatic rings. The average Bonchev–Trinajstić information content (AvgIpc) is 3.07. The van der Waals surface area contributed by atoms with Gasteiger partial charge in [-0.2, -0.15) is 0 Å². The van der Waals surface area contributed by atoms with Gasteiger partial charge in [-0.15, -0.1) is 5.10 Å². The van der Waals surface area contributed by atoms with E-state index in [1.165, 1.54) is 17.2 Å². The van der Waals surface area contributed by atoms with Crippen molar-refractivity contribution in [3.63, 3.8) is 0 Å². The largest absolute Gasteiger partial charge is 0.321 e. The summed E-state index contributed by atoms with van der Waals surface area (Å²) in [6.07, 6.45) is 2.71. The molecule has 0 saturated heterocycles. The van der Waals surface area contributed by atoms with E-state index < -0.39 is 5.91 Å². The number of anilines is 1. The number of nitrogens with zero attached hydrogens (tertiary/aromatic N) is 5. The first-order chi connectivity index (χ1) is 11.1. The Bertz CT molecular complexity index is 868. The van der Waals surface area contributed by atoms with Crippen molar-refractivity contribution in [3.05, 3.63) is 57.6 Å². The highest BCUT2D eigenvalue weighted by atomic mass is 35.5. The smallest absolute Gasteiger partial charge is 0.275 e. The molecule has 3 rings (SSSR count). The molecule has 2 aromatic heterocycles. The lowest BCUT2D eigenvalue weighted by molar-refractivity contribution is 0.102. The van der Waals surface area contributed by atoms with Crippen LogP contribution in [-0.4, -0.2) is 31.1 Å². The maximum absolute atomic E-state index is 12.3. The van der Waals surface area contributed by atoms with Gasteiger partial charge in [-0.1, -0.05) is 40.9 Å². The van der Waals surface area contributed by atoms with Crippen LogP contribution in [0.4, 0.5) is 5.69 Å². The van der Waals surface area contributed by atoms with Crippen molar-refractivity contribution >= 4 is 46.4 Å². The minimum absolute atomic E-state index is 0.00621. The fourth-order valence-corrected chi connectivity index (χ4v) is 2.36. The number of pyridine rings is 1. The highest BCUT2D eigenvalue weighted by Crippen LogP contribution is 2.31. The first kappa shape index (κ1) is 15.7. The van der Waals surface area contributed by atoms with Gasteiger partial charge in [-0.3, -0.25) is 4.79 Å². The van der Waals surface area contributed by atoms with Crippen LogP contribution < -0.4 is 5.32 Å². The molecule has 23 heavy (non-hydrogen) atoms. The Morgan fingerprint density at radius 1 is 1.17 bits per heavy atom. The Labute approximate surface area is 145 Å². The lowest BCUT2D eigenvalue weighted by Gasteiger charge is -2.08. The Balaban J connectivity index is 1.86. The zero-order valence-corrected chi connectivity index (χ0v) is 13.5. The summed E-state index contributed by atoms with van der Waals surface area (Å²) >= 11 is 17.7. The minimum atomic E-state index is -0.512. The predicted octanol–water partition coefficient (Wildman–Crippen LogP) is 3.27. The van der Waals surface area contributed by atoms with E-state index in [-0.39, 0.29) is 20.8 Å². The molecule has 3 aromatic rings. The van der Waals surface area contributed by atoms with Crippen LogP contribution in [0, 0.1) is 0 Å². The van der Waals surface area contributed by atoms with Crippen LogP contribution >= 0.6 is 34.8 Å². The van der Waals surface area contributed by atoms with Gasteiger partial charge in [0.05, 0.1) is 20.8 Å². The summed E-state index contributed by atoms with van der Waals surface area (Å²) in [4.78, 5) is 16.2. The third kappa shape index (κ3) is 3.26. The lowest BCUT2D eigenvalue weighted by atomic mass is 10.2. The van der Waals surface area contributed by atoms with Gasteiger partial charge in [0.2, 0.25) is 0 Å². The standard InChI is InChI=1S/C13H7Cl3N6O/c14-9-5-17-12(11(16)10(9)15)13(23)19-7-2-1-3-8(4-7)22-6-18-20-21-22/h1-6H,(H,19,23). The van der Waals surface area contributed by atoms with Gasteiger partial charge in [0.25, 0.3) is 5.91 Å². The molecule has 1 amide bonds. The molecule has 0 fully saturated rings. The van der Waals surface area contributed by atoms with Gasteiger partial charge in [0.15, 0.2) is 0 Å². The number of hydrogen-bond acceptors (Lipinski definition) is 5. The number of halogens is 3. The van der Waals surface area contributed by atoms with E-state index in [9.17, 15) is 4.79 Å². The topological polar surface area (TPSA) is 85.6 Å². The monoisotopic (exact) mass is 368 g/mol. The molecule has 0 spiro atoms. The molecule has 0 aliphatic carbocycles. The number of carbonyl (C=O) groups is 1. The lowest BCUT2D eigenvalue weighted by Crippen LogP contribution is -2.14. The summed E-state index contributed by atoms with van der Waals surface area (Å²) in [6.45, 7) is 0. The second-order valence-corrected chi connectivity index (χ2v) is 5.50. The Morgan fingerprint density at radius 3 is 2.74 bits per heavy atom. The Kier molecular flexibility index (Phi) is 4.42. The number of benzene rings is 1.